The fraction of sp³-hybridized carbons (Fsp3) is 0.440. The summed E-state index contributed by atoms with van der Waals surface area (Å²) in [6.07, 6.45) is 1.95. The number of piperidine rings is 1. The van der Waals surface area contributed by atoms with Gasteiger partial charge >= 0.3 is 0 Å². The Morgan fingerprint density at radius 2 is 1.84 bits per heavy atom. The zero-order valence-electron chi connectivity index (χ0n) is 19.2. The van der Waals surface area contributed by atoms with Crippen molar-refractivity contribution in [3.63, 3.8) is 0 Å². The van der Waals surface area contributed by atoms with E-state index < -0.39 is 6.04 Å². The number of carbonyl (C=O) groups excluding carboxylic acids is 2. The maximum Gasteiger partial charge on any atom is 0.243 e. The highest BCUT2D eigenvalue weighted by molar-refractivity contribution is 5.87. The quantitative estimate of drug-likeness (QED) is 0.730. The van der Waals surface area contributed by atoms with Gasteiger partial charge in [0.05, 0.1) is 5.56 Å². The van der Waals surface area contributed by atoms with E-state index in [1.54, 1.807) is 0 Å². The monoisotopic (exact) mass is 433 g/mol. The molecule has 0 spiro atoms. The van der Waals surface area contributed by atoms with Gasteiger partial charge < -0.3 is 15.5 Å². The SMILES string of the molecule is CC(=O)NC(Cc1ccc(C)cc1)C(=O)NC1CCN(c2nc(C)cc(C)c2C#N)CC1. The molecule has 1 aliphatic heterocycles. The summed E-state index contributed by atoms with van der Waals surface area (Å²) in [5.74, 6) is 0.337. The third kappa shape index (κ3) is 5.85. The van der Waals surface area contributed by atoms with Gasteiger partial charge in [0.15, 0.2) is 0 Å². The summed E-state index contributed by atoms with van der Waals surface area (Å²) in [5.41, 5.74) is 4.59. The van der Waals surface area contributed by atoms with Gasteiger partial charge in [0.25, 0.3) is 0 Å². The first-order chi connectivity index (χ1) is 15.3. The normalized spacial score (nSPS) is 15.0. The summed E-state index contributed by atoms with van der Waals surface area (Å²) in [4.78, 5) is 31.4. The highest BCUT2D eigenvalue weighted by Gasteiger charge is 2.27. The van der Waals surface area contributed by atoms with E-state index in [0.29, 0.717) is 25.1 Å². The Morgan fingerprint density at radius 3 is 2.44 bits per heavy atom. The molecule has 2 aromatic rings. The molecule has 1 unspecified atom stereocenters. The third-order valence-corrected chi connectivity index (χ3v) is 5.83. The van der Waals surface area contributed by atoms with Crippen LogP contribution in [-0.2, 0) is 16.0 Å². The van der Waals surface area contributed by atoms with E-state index in [9.17, 15) is 14.9 Å². The standard InChI is InChI=1S/C25H31N5O2/c1-16-5-7-20(8-6-16)14-23(28-19(4)31)25(32)29-21-9-11-30(12-10-21)24-22(15-26)17(2)13-18(3)27-24/h5-8,13,21,23H,9-12,14H2,1-4H3,(H,28,31)(H,29,32). The van der Waals surface area contributed by atoms with Crippen LogP contribution in [0.15, 0.2) is 30.3 Å². The third-order valence-electron chi connectivity index (χ3n) is 5.83. The van der Waals surface area contributed by atoms with Crippen LogP contribution in [0, 0.1) is 32.1 Å². The van der Waals surface area contributed by atoms with Crippen molar-refractivity contribution in [2.45, 2.75) is 59.0 Å². The van der Waals surface area contributed by atoms with Crippen molar-refractivity contribution in [2.24, 2.45) is 0 Å². The molecule has 7 nitrogen and oxygen atoms in total. The molecule has 168 valence electrons. The fourth-order valence-electron chi connectivity index (χ4n) is 4.14. The Bertz CT molecular complexity index is 1020. The maximum absolute atomic E-state index is 13.0. The highest BCUT2D eigenvalue weighted by atomic mass is 16.2. The van der Waals surface area contributed by atoms with E-state index in [1.807, 2.05) is 51.1 Å². The number of rotatable bonds is 6. The molecular formula is C25H31N5O2. The van der Waals surface area contributed by atoms with Gasteiger partial charge in [0.2, 0.25) is 11.8 Å². The molecule has 3 rings (SSSR count). The zero-order chi connectivity index (χ0) is 23.3. The molecule has 1 fully saturated rings. The van der Waals surface area contributed by atoms with Crippen molar-refractivity contribution in [1.29, 1.82) is 5.26 Å². The lowest BCUT2D eigenvalue weighted by molar-refractivity contribution is -0.128. The van der Waals surface area contributed by atoms with Gasteiger partial charge in [-0.15, -0.1) is 0 Å². The minimum atomic E-state index is -0.612. The molecule has 0 radical (unpaired) electrons. The van der Waals surface area contributed by atoms with Crippen LogP contribution >= 0.6 is 0 Å². The molecule has 32 heavy (non-hydrogen) atoms. The molecule has 2 amide bonds. The molecule has 0 bridgehead atoms. The number of aryl methyl sites for hydroxylation is 3. The minimum absolute atomic E-state index is 0.0180. The second-order valence-electron chi connectivity index (χ2n) is 8.60. The van der Waals surface area contributed by atoms with E-state index >= 15 is 0 Å². The van der Waals surface area contributed by atoms with Crippen LogP contribution in [0.2, 0.25) is 0 Å². The summed E-state index contributed by atoms with van der Waals surface area (Å²) in [7, 11) is 0. The molecule has 1 atom stereocenters. The molecule has 1 aromatic heterocycles. The predicted octanol–water partition coefficient (Wildman–Crippen LogP) is 2.71. The number of hydrogen-bond donors (Lipinski definition) is 2. The predicted molar refractivity (Wildman–Crippen MR) is 124 cm³/mol. The molecule has 1 saturated heterocycles. The number of aromatic nitrogens is 1. The van der Waals surface area contributed by atoms with E-state index in [4.69, 9.17) is 0 Å². The summed E-state index contributed by atoms with van der Waals surface area (Å²) in [6.45, 7) is 8.72. The Balaban J connectivity index is 1.62. The first-order valence-electron chi connectivity index (χ1n) is 11.0. The number of nitrogens with zero attached hydrogens (tertiary/aromatic N) is 3. The summed E-state index contributed by atoms with van der Waals surface area (Å²) < 4.78 is 0. The maximum atomic E-state index is 13.0. The summed E-state index contributed by atoms with van der Waals surface area (Å²) in [5, 5.41) is 15.5. The van der Waals surface area contributed by atoms with Crippen LogP contribution in [-0.4, -0.2) is 42.0 Å². The minimum Gasteiger partial charge on any atom is -0.355 e. The smallest absolute Gasteiger partial charge is 0.243 e. The lowest BCUT2D eigenvalue weighted by Gasteiger charge is -2.34. The number of carbonyl (C=O) groups is 2. The molecule has 2 heterocycles. The van der Waals surface area contributed by atoms with Gasteiger partial charge in [-0.2, -0.15) is 5.26 Å². The van der Waals surface area contributed by atoms with E-state index in [2.05, 4.69) is 26.6 Å². The van der Waals surface area contributed by atoms with Gasteiger partial charge in [0, 0.05) is 38.2 Å². The lowest BCUT2D eigenvalue weighted by atomic mass is 10.0. The number of anilines is 1. The van der Waals surface area contributed by atoms with Gasteiger partial charge in [-0.05, 0) is 50.8 Å². The van der Waals surface area contributed by atoms with Crippen molar-refractivity contribution in [2.75, 3.05) is 18.0 Å². The second kappa shape index (κ2) is 10.3. The van der Waals surface area contributed by atoms with Crippen LogP contribution in [0.4, 0.5) is 5.82 Å². The molecule has 1 aromatic carbocycles. The summed E-state index contributed by atoms with van der Waals surface area (Å²) in [6, 6.07) is 11.6. The number of pyridine rings is 1. The molecule has 0 saturated carbocycles. The molecule has 0 aliphatic carbocycles. The van der Waals surface area contributed by atoms with Crippen LogP contribution in [0.25, 0.3) is 0 Å². The van der Waals surface area contributed by atoms with Gasteiger partial charge in [-0.25, -0.2) is 4.98 Å². The molecular weight excluding hydrogens is 402 g/mol. The van der Waals surface area contributed by atoms with Crippen LogP contribution in [0.1, 0.15) is 47.7 Å². The first-order valence-corrected chi connectivity index (χ1v) is 11.0. The van der Waals surface area contributed by atoms with E-state index in [1.165, 1.54) is 6.92 Å². The number of hydrogen-bond acceptors (Lipinski definition) is 5. The summed E-state index contributed by atoms with van der Waals surface area (Å²) >= 11 is 0. The van der Waals surface area contributed by atoms with Gasteiger partial charge in [-0.3, -0.25) is 9.59 Å². The average molecular weight is 434 g/mol. The highest BCUT2D eigenvalue weighted by Crippen LogP contribution is 2.25. The second-order valence-corrected chi connectivity index (χ2v) is 8.60. The van der Waals surface area contributed by atoms with Crippen LogP contribution < -0.4 is 15.5 Å². The fourth-order valence-corrected chi connectivity index (χ4v) is 4.14. The van der Waals surface area contributed by atoms with E-state index in [-0.39, 0.29) is 17.9 Å². The molecule has 7 heteroatoms. The Hall–Kier alpha value is -3.40. The Labute approximate surface area is 189 Å². The van der Waals surface area contributed by atoms with Crippen molar-refractivity contribution in [3.8, 4) is 6.07 Å². The topological polar surface area (TPSA) is 98.1 Å². The van der Waals surface area contributed by atoms with Gasteiger partial charge in [0.1, 0.15) is 17.9 Å². The van der Waals surface area contributed by atoms with Crippen molar-refractivity contribution in [3.05, 3.63) is 58.3 Å². The van der Waals surface area contributed by atoms with Crippen LogP contribution in [0.5, 0.6) is 0 Å². The Kier molecular flexibility index (Phi) is 7.47. The van der Waals surface area contributed by atoms with Gasteiger partial charge in [-0.1, -0.05) is 29.8 Å². The average Bonchev–Trinajstić information content (AvgIpc) is 2.74. The van der Waals surface area contributed by atoms with E-state index in [0.717, 1.165) is 41.0 Å². The molecule has 2 N–H and O–H groups in total. The van der Waals surface area contributed by atoms with Crippen molar-refractivity contribution in [1.82, 2.24) is 15.6 Å². The number of nitriles is 1. The number of nitrogens with one attached hydrogen (secondary N) is 2. The molecule has 1 aliphatic rings. The largest absolute Gasteiger partial charge is 0.355 e. The van der Waals surface area contributed by atoms with Crippen molar-refractivity contribution >= 4 is 17.6 Å². The van der Waals surface area contributed by atoms with Crippen molar-refractivity contribution < 1.29 is 9.59 Å². The van der Waals surface area contributed by atoms with Crippen LogP contribution in [0.3, 0.4) is 0 Å². The first kappa shape index (κ1) is 23.3. The number of amides is 2. The Morgan fingerprint density at radius 1 is 1.19 bits per heavy atom. The zero-order valence-corrected chi connectivity index (χ0v) is 19.2. The lowest BCUT2D eigenvalue weighted by Crippen LogP contribution is -2.52. The number of benzene rings is 1.